The predicted octanol–water partition coefficient (Wildman–Crippen LogP) is 2.21. The molecular weight excluding hydrogens is 272 g/mol. The zero-order valence-electron chi connectivity index (χ0n) is 10.5. The first kappa shape index (κ1) is 13.9. The highest BCUT2D eigenvalue weighted by molar-refractivity contribution is 5.93. The highest BCUT2D eigenvalue weighted by atomic mass is 16.4. The molecule has 0 fully saturated rings. The van der Waals surface area contributed by atoms with E-state index in [2.05, 4.69) is 0 Å². The largest absolute Gasteiger partial charge is 0.504 e. The Morgan fingerprint density at radius 3 is 2.14 bits per heavy atom. The predicted molar refractivity (Wildman–Crippen MR) is 71.6 cm³/mol. The van der Waals surface area contributed by atoms with Gasteiger partial charge in [0.2, 0.25) is 0 Å². The number of carboxylic acids is 1. The molecule has 0 saturated heterocycles. The molecule has 0 bridgehead atoms. The van der Waals surface area contributed by atoms with Gasteiger partial charge in [-0.05, 0) is 23.8 Å². The van der Waals surface area contributed by atoms with E-state index in [1.807, 2.05) is 6.07 Å². The van der Waals surface area contributed by atoms with E-state index < -0.39 is 5.97 Å². The number of nitrogens with zero attached hydrogens (tertiary/aromatic N) is 2. The second-order valence-corrected chi connectivity index (χ2v) is 4.14. The summed E-state index contributed by atoms with van der Waals surface area (Å²) in [5, 5.41) is 46.1. The van der Waals surface area contributed by atoms with Crippen LogP contribution < -0.4 is 0 Å². The third-order valence-corrected chi connectivity index (χ3v) is 2.95. The maximum absolute atomic E-state index is 11.1. The molecule has 2 aromatic carbocycles. The highest BCUT2D eigenvalue weighted by Crippen LogP contribution is 2.33. The summed E-state index contributed by atoms with van der Waals surface area (Å²) in [5.74, 6) is -2.00. The molecule has 102 valence electrons. The number of nitriles is 2. The first-order chi connectivity index (χ1) is 9.99. The van der Waals surface area contributed by atoms with E-state index in [1.165, 1.54) is 30.3 Å². The molecule has 0 aliphatic carbocycles. The Morgan fingerprint density at radius 1 is 0.952 bits per heavy atom. The zero-order valence-corrected chi connectivity index (χ0v) is 10.5. The maximum Gasteiger partial charge on any atom is 0.337 e. The fourth-order valence-corrected chi connectivity index (χ4v) is 1.94. The van der Waals surface area contributed by atoms with Crippen LogP contribution in [0, 0.1) is 22.7 Å². The molecule has 0 aromatic heterocycles. The lowest BCUT2D eigenvalue weighted by molar-refractivity contribution is 0.0696. The van der Waals surface area contributed by atoms with Gasteiger partial charge < -0.3 is 15.3 Å². The average Bonchev–Trinajstić information content (AvgIpc) is 2.48. The molecule has 0 saturated carbocycles. The van der Waals surface area contributed by atoms with Gasteiger partial charge in [0.25, 0.3) is 0 Å². The third kappa shape index (κ3) is 2.34. The van der Waals surface area contributed by atoms with Crippen LogP contribution >= 0.6 is 0 Å². The van der Waals surface area contributed by atoms with Crippen LogP contribution in [0.2, 0.25) is 0 Å². The molecule has 0 spiro atoms. The Bertz CT molecular complexity index is 829. The fourth-order valence-electron chi connectivity index (χ4n) is 1.94. The number of carbonyl (C=O) groups is 1. The van der Waals surface area contributed by atoms with Gasteiger partial charge in [-0.15, -0.1) is 0 Å². The summed E-state index contributed by atoms with van der Waals surface area (Å²) in [4.78, 5) is 11.1. The first-order valence-electron chi connectivity index (χ1n) is 5.72. The summed E-state index contributed by atoms with van der Waals surface area (Å²) in [7, 11) is 0. The summed E-state index contributed by atoms with van der Waals surface area (Å²) in [6, 6.07) is 10.1. The quantitative estimate of drug-likeness (QED) is 0.724. The summed E-state index contributed by atoms with van der Waals surface area (Å²) < 4.78 is 0. The van der Waals surface area contributed by atoms with Gasteiger partial charge in [0.15, 0.2) is 11.5 Å². The first-order valence-corrected chi connectivity index (χ1v) is 5.72. The van der Waals surface area contributed by atoms with Crippen molar-refractivity contribution in [2.75, 3.05) is 0 Å². The van der Waals surface area contributed by atoms with Gasteiger partial charge in [-0.25, -0.2) is 4.79 Å². The fraction of sp³-hybridized carbons (Fsp3) is 0. The van der Waals surface area contributed by atoms with Crippen LogP contribution in [0.1, 0.15) is 21.5 Å². The Morgan fingerprint density at radius 2 is 1.62 bits per heavy atom. The van der Waals surface area contributed by atoms with E-state index in [0.29, 0.717) is 11.1 Å². The summed E-state index contributed by atoms with van der Waals surface area (Å²) >= 11 is 0. The van der Waals surface area contributed by atoms with Gasteiger partial charge in [0, 0.05) is 5.56 Å². The second kappa shape index (κ2) is 5.24. The van der Waals surface area contributed by atoms with E-state index in [-0.39, 0.29) is 28.2 Å². The van der Waals surface area contributed by atoms with Crippen LogP contribution in [0.4, 0.5) is 0 Å². The second-order valence-electron chi connectivity index (χ2n) is 4.14. The molecule has 0 amide bonds. The molecule has 6 heteroatoms. The summed E-state index contributed by atoms with van der Waals surface area (Å²) in [6.07, 6.45) is 0. The monoisotopic (exact) mass is 280 g/mol. The lowest BCUT2D eigenvalue weighted by Crippen LogP contribution is -2.03. The van der Waals surface area contributed by atoms with E-state index in [0.717, 1.165) is 0 Å². The lowest BCUT2D eigenvalue weighted by Gasteiger charge is -2.09. The van der Waals surface area contributed by atoms with Crippen LogP contribution in [-0.2, 0) is 0 Å². The number of aromatic carboxylic acids is 1. The molecule has 0 aliphatic heterocycles. The molecule has 6 nitrogen and oxygen atoms in total. The number of hydrogen-bond acceptors (Lipinski definition) is 5. The van der Waals surface area contributed by atoms with Crippen LogP contribution in [0.15, 0.2) is 30.3 Å². The minimum absolute atomic E-state index is 0.0949. The van der Waals surface area contributed by atoms with Crippen molar-refractivity contribution in [3.63, 3.8) is 0 Å². The van der Waals surface area contributed by atoms with Crippen molar-refractivity contribution in [1.82, 2.24) is 0 Å². The molecular formula is C15H8N2O4. The number of rotatable bonds is 2. The van der Waals surface area contributed by atoms with Gasteiger partial charge in [-0.2, -0.15) is 10.5 Å². The van der Waals surface area contributed by atoms with Crippen molar-refractivity contribution < 1.29 is 20.1 Å². The van der Waals surface area contributed by atoms with Crippen molar-refractivity contribution in [2.24, 2.45) is 0 Å². The van der Waals surface area contributed by atoms with Crippen molar-refractivity contribution >= 4 is 5.97 Å². The number of carboxylic acid groups (broad SMARTS) is 1. The van der Waals surface area contributed by atoms with Crippen molar-refractivity contribution in [2.45, 2.75) is 0 Å². The number of phenolic OH excluding ortho intramolecular Hbond substituents is 2. The van der Waals surface area contributed by atoms with E-state index >= 15 is 0 Å². The van der Waals surface area contributed by atoms with Gasteiger partial charge in [0.1, 0.15) is 12.1 Å². The van der Waals surface area contributed by atoms with E-state index in [1.54, 1.807) is 6.07 Å². The van der Waals surface area contributed by atoms with E-state index in [9.17, 15) is 20.3 Å². The van der Waals surface area contributed by atoms with Crippen molar-refractivity contribution in [3.8, 4) is 34.8 Å². The molecule has 0 aliphatic rings. The SMILES string of the molecule is N#Cc1c(C(=O)O)ccc(-c2ccc(O)c(O)c2)c1C#N. The Labute approximate surface area is 119 Å². The van der Waals surface area contributed by atoms with E-state index in [4.69, 9.17) is 10.4 Å². The Balaban J connectivity index is 2.77. The van der Waals surface area contributed by atoms with Crippen LogP contribution in [-0.4, -0.2) is 21.3 Å². The topological polar surface area (TPSA) is 125 Å². The average molecular weight is 280 g/mol. The lowest BCUT2D eigenvalue weighted by atomic mass is 9.93. The molecule has 0 atom stereocenters. The van der Waals surface area contributed by atoms with Gasteiger partial charge in [0.05, 0.1) is 16.7 Å². The number of aromatic hydroxyl groups is 2. The van der Waals surface area contributed by atoms with Crippen LogP contribution in [0.25, 0.3) is 11.1 Å². The Hall–Kier alpha value is -3.51. The van der Waals surface area contributed by atoms with Gasteiger partial charge >= 0.3 is 5.97 Å². The van der Waals surface area contributed by atoms with Crippen molar-refractivity contribution in [1.29, 1.82) is 10.5 Å². The van der Waals surface area contributed by atoms with Crippen LogP contribution in [0.5, 0.6) is 11.5 Å². The highest BCUT2D eigenvalue weighted by Gasteiger charge is 2.18. The van der Waals surface area contributed by atoms with Gasteiger partial charge in [-0.3, -0.25) is 0 Å². The molecule has 0 unspecified atom stereocenters. The smallest absolute Gasteiger partial charge is 0.337 e. The standard InChI is InChI=1S/C15H8N2O4/c16-6-11-9(8-1-4-13(18)14(19)5-8)2-3-10(15(20)21)12(11)7-17/h1-5,18-19H,(H,20,21). The van der Waals surface area contributed by atoms with Gasteiger partial charge in [-0.1, -0.05) is 12.1 Å². The minimum Gasteiger partial charge on any atom is -0.504 e. The summed E-state index contributed by atoms with van der Waals surface area (Å²) in [6.45, 7) is 0. The molecule has 2 rings (SSSR count). The Kier molecular flexibility index (Phi) is 3.47. The normalized spacial score (nSPS) is 9.62. The zero-order chi connectivity index (χ0) is 15.6. The molecule has 0 radical (unpaired) electrons. The number of benzene rings is 2. The molecule has 3 N–H and O–H groups in total. The number of hydrogen-bond donors (Lipinski definition) is 3. The maximum atomic E-state index is 11.1. The third-order valence-electron chi connectivity index (χ3n) is 2.95. The molecule has 2 aromatic rings. The van der Waals surface area contributed by atoms with Crippen molar-refractivity contribution in [3.05, 3.63) is 47.0 Å². The molecule has 0 heterocycles. The molecule has 21 heavy (non-hydrogen) atoms. The minimum atomic E-state index is -1.30. The summed E-state index contributed by atoms with van der Waals surface area (Å²) in [5.41, 5.74) is 0.0861. The number of phenols is 2. The van der Waals surface area contributed by atoms with Crippen LogP contribution in [0.3, 0.4) is 0 Å².